The molecular formula is C30H36ClN3O5S. The van der Waals surface area contributed by atoms with Crippen LogP contribution in [0.1, 0.15) is 38.7 Å². The molecule has 0 bridgehead atoms. The zero-order valence-corrected chi connectivity index (χ0v) is 24.6. The lowest BCUT2D eigenvalue weighted by atomic mass is 10.1. The Hall–Kier alpha value is -3.56. The molecule has 0 aromatic heterocycles. The minimum absolute atomic E-state index is 0.122. The van der Waals surface area contributed by atoms with Crippen molar-refractivity contribution in [2.75, 3.05) is 23.7 Å². The molecule has 0 spiro atoms. The lowest BCUT2D eigenvalue weighted by Crippen LogP contribution is -2.52. The Morgan fingerprint density at radius 3 is 2.12 bits per heavy atom. The van der Waals surface area contributed by atoms with E-state index in [-0.39, 0.29) is 12.5 Å². The molecule has 0 radical (unpaired) electrons. The first-order valence-electron chi connectivity index (χ1n) is 13.2. The predicted molar refractivity (Wildman–Crippen MR) is 159 cm³/mol. The van der Waals surface area contributed by atoms with Crippen molar-refractivity contribution >= 4 is 39.1 Å². The second-order valence-corrected chi connectivity index (χ2v) is 11.7. The van der Waals surface area contributed by atoms with Crippen molar-refractivity contribution in [1.82, 2.24) is 10.2 Å². The Balaban J connectivity index is 1.87. The number of halogens is 1. The van der Waals surface area contributed by atoms with E-state index in [9.17, 15) is 18.0 Å². The van der Waals surface area contributed by atoms with Gasteiger partial charge < -0.3 is 15.0 Å². The molecule has 40 heavy (non-hydrogen) atoms. The van der Waals surface area contributed by atoms with Crippen LogP contribution in [-0.2, 0) is 26.2 Å². The summed E-state index contributed by atoms with van der Waals surface area (Å²) in [4.78, 5) is 28.3. The zero-order valence-electron chi connectivity index (χ0n) is 23.0. The van der Waals surface area contributed by atoms with Gasteiger partial charge in [-0.2, -0.15) is 0 Å². The molecule has 0 aliphatic heterocycles. The summed E-state index contributed by atoms with van der Waals surface area (Å²) >= 11 is 6.04. The Labute approximate surface area is 241 Å². The monoisotopic (exact) mass is 585 g/mol. The van der Waals surface area contributed by atoms with Gasteiger partial charge in [-0.3, -0.25) is 13.9 Å². The first kappa shape index (κ1) is 31.0. The molecule has 0 aliphatic carbocycles. The lowest BCUT2D eigenvalue weighted by Gasteiger charge is -2.33. The smallest absolute Gasteiger partial charge is 0.244 e. The number of sulfonamides is 1. The van der Waals surface area contributed by atoms with Gasteiger partial charge in [-0.1, -0.05) is 62.2 Å². The summed E-state index contributed by atoms with van der Waals surface area (Å²) in [5.41, 5.74) is 1.08. The van der Waals surface area contributed by atoms with Gasteiger partial charge in [-0.05, 0) is 66.9 Å². The van der Waals surface area contributed by atoms with Gasteiger partial charge in [0.15, 0.2) is 0 Å². The fraction of sp³-hybridized carbons (Fsp3) is 0.333. The third-order valence-electron chi connectivity index (χ3n) is 6.26. The van der Waals surface area contributed by atoms with E-state index < -0.39 is 28.5 Å². The summed E-state index contributed by atoms with van der Waals surface area (Å²) in [5.74, 6) is 0.397. The van der Waals surface area contributed by atoms with E-state index in [0.717, 1.165) is 29.0 Å². The number of hydrogen-bond donors (Lipinski definition) is 1. The molecule has 0 saturated carbocycles. The normalized spacial score (nSPS) is 11.9. The van der Waals surface area contributed by atoms with E-state index >= 15 is 0 Å². The number of nitrogens with one attached hydrogen (secondary N) is 1. The van der Waals surface area contributed by atoms with Crippen LogP contribution in [0.25, 0.3) is 0 Å². The fourth-order valence-corrected chi connectivity index (χ4v) is 5.11. The molecule has 1 unspecified atom stereocenters. The molecule has 3 aromatic carbocycles. The van der Waals surface area contributed by atoms with Crippen molar-refractivity contribution in [2.24, 2.45) is 0 Å². The second kappa shape index (κ2) is 14.7. The Morgan fingerprint density at radius 1 is 0.925 bits per heavy atom. The van der Waals surface area contributed by atoms with Crippen molar-refractivity contribution in [3.05, 3.63) is 89.4 Å². The van der Waals surface area contributed by atoms with Gasteiger partial charge in [0, 0.05) is 18.1 Å². The van der Waals surface area contributed by atoms with Gasteiger partial charge in [0.05, 0.1) is 11.9 Å². The second-order valence-electron chi connectivity index (χ2n) is 9.40. The largest absolute Gasteiger partial charge is 0.457 e. The molecule has 3 aromatic rings. The molecule has 1 N–H and O–H groups in total. The van der Waals surface area contributed by atoms with Crippen LogP contribution in [0.2, 0.25) is 5.02 Å². The Morgan fingerprint density at radius 2 is 1.55 bits per heavy atom. The maximum atomic E-state index is 13.8. The maximum absolute atomic E-state index is 13.8. The number of carbonyl (C=O) groups excluding carboxylic acids is 2. The maximum Gasteiger partial charge on any atom is 0.244 e. The minimum Gasteiger partial charge on any atom is -0.457 e. The molecule has 2 amide bonds. The van der Waals surface area contributed by atoms with Crippen LogP contribution in [0.15, 0.2) is 78.9 Å². The van der Waals surface area contributed by atoms with Crippen molar-refractivity contribution in [3.8, 4) is 11.5 Å². The summed E-state index contributed by atoms with van der Waals surface area (Å²) in [5, 5.41) is 3.46. The van der Waals surface area contributed by atoms with Gasteiger partial charge in [-0.25, -0.2) is 8.42 Å². The van der Waals surface area contributed by atoms with E-state index in [1.807, 2.05) is 44.2 Å². The predicted octanol–water partition coefficient (Wildman–Crippen LogP) is 5.62. The van der Waals surface area contributed by atoms with Crippen LogP contribution in [0.4, 0.5) is 5.69 Å². The van der Waals surface area contributed by atoms with E-state index in [2.05, 4.69) is 5.32 Å². The van der Waals surface area contributed by atoms with Gasteiger partial charge in [0.2, 0.25) is 21.8 Å². The Bertz CT molecular complexity index is 1350. The number of hydrogen-bond acceptors (Lipinski definition) is 5. The van der Waals surface area contributed by atoms with Crippen LogP contribution in [0.3, 0.4) is 0 Å². The third-order valence-corrected chi connectivity index (χ3v) is 7.66. The van der Waals surface area contributed by atoms with Gasteiger partial charge in [0.1, 0.15) is 24.1 Å². The number of ether oxygens (including phenoxy) is 1. The number of rotatable bonds is 14. The number of unbranched alkanes of at least 4 members (excludes halogenated alkanes) is 1. The fourth-order valence-electron chi connectivity index (χ4n) is 4.13. The quantitative estimate of drug-likeness (QED) is 0.248. The molecule has 0 fully saturated rings. The van der Waals surface area contributed by atoms with E-state index in [1.165, 1.54) is 4.90 Å². The highest BCUT2D eigenvalue weighted by Crippen LogP contribution is 2.26. The molecule has 3 rings (SSSR count). The van der Waals surface area contributed by atoms with Gasteiger partial charge in [-0.15, -0.1) is 0 Å². The average molecular weight is 586 g/mol. The van der Waals surface area contributed by atoms with E-state index in [4.69, 9.17) is 16.3 Å². The third kappa shape index (κ3) is 8.99. The molecule has 0 heterocycles. The zero-order chi connectivity index (χ0) is 29.1. The van der Waals surface area contributed by atoms with Crippen molar-refractivity contribution < 1.29 is 22.7 Å². The van der Waals surface area contributed by atoms with Crippen LogP contribution in [0.5, 0.6) is 11.5 Å². The van der Waals surface area contributed by atoms with E-state index in [1.54, 1.807) is 48.5 Å². The summed E-state index contributed by atoms with van der Waals surface area (Å²) in [6.07, 6.45) is 3.15. The van der Waals surface area contributed by atoms with Crippen LogP contribution >= 0.6 is 11.6 Å². The molecule has 0 saturated heterocycles. The minimum atomic E-state index is -3.84. The van der Waals surface area contributed by atoms with Crippen molar-refractivity contribution in [2.45, 2.75) is 45.7 Å². The highest BCUT2D eigenvalue weighted by atomic mass is 35.5. The topological polar surface area (TPSA) is 96.0 Å². The van der Waals surface area contributed by atoms with E-state index in [0.29, 0.717) is 35.2 Å². The first-order valence-corrected chi connectivity index (χ1v) is 15.5. The number of carbonyl (C=O) groups is 2. The van der Waals surface area contributed by atoms with Crippen LogP contribution < -0.4 is 14.4 Å². The molecule has 0 aliphatic rings. The van der Waals surface area contributed by atoms with Crippen LogP contribution in [-0.4, -0.2) is 50.5 Å². The molecule has 10 heteroatoms. The van der Waals surface area contributed by atoms with Crippen LogP contribution in [0, 0.1) is 0 Å². The average Bonchev–Trinajstić information content (AvgIpc) is 2.93. The van der Waals surface area contributed by atoms with Crippen molar-refractivity contribution in [3.63, 3.8) is 0 Å². The molecular weight excluding hydrogens is 550 g/mol. The molecule has 1 atom stereocenters. The molecule has 8 nitrogen and oxygen atoms in total. The number of anilines is 1. The summed E-state index contributed by atoms with van der Waals surface area (Å²) in [7, 11) is -3.84. The summed E-state index contributed by atoms with van der Waals surface area (Å²) < 4.78 is 32.5. The molecule has 214 valence electrons. The summed E-state index contributed by atoms with van der Waals surface area (Å²) in [6.45, 7) is 4.01. The van der Waals surface area contributed by atoms with Gasteiger partial charge in [0.25, 0.3) is 0 Å². The lowest BCUT2D eigenvalue weighted by molar-refractivity contribution is -0.140. The number of amides is 2. The standard InChI is InChI=1S/C30H36ClN3O5S/c1-4-6-20-32-30(36)28(5-2)33(21-23-12-14-24(31)15-13-23)29(35)22-34(40(3,37)38)25-16-18-27(19-17-25)39-26-10-8-7-9-11-26/h7-19,28H,4-6,20-22H2,1-3H3,(H,32,36). The highest BCUT2D eigenvalue weighted by Gasteiger charge is 2.31. The van der Waals surface area contributed by atoms with Crippen molar-refractivity contribution in [1.29, 1.82) is 0 Å². The number of benzene rings is 3. The number of para-hydroxylation sites is 1. The SMILES string of the molecule is CCCCNC(=O)C(CC)N(Cc1ccc(Cl)cc1)C(=O)CN(c1ccc(Oc2ccccc2)cc1)S(C)(=O)=O. The number of nitrogens with zero attached hydrogens (tertiary/aromatic N) is 2. The first-order chi connectivity index (χ1) is 19.1. The summed E-state index contributed by atoms with van der Waals surface area (Å²) in [6, 6.07) is 21.9. The highest BCUT2D eigenvalue weighted by molar-refractivity contribution is 7.92. The van der Waals surface area contributed by atoms with Gasteiger partial charge >= 0.3 is 0 Å². The Kier molecular flexibility index (Phi) is 11.4.